The fourth-order valence-electron chi connectivity index (χ4n) is 2.81. The smallest absolute Gasteiger partial charge is 0.270 e. The van der Waals surface area contributed by atoms with Crippen LogP contribution in [0.3, 0.4) is 0 Å². The van der Waals surface area contributed by atoms with Gasteiger partial charge < -0.3 is 0 Å². The third-order valence-electron chi connectivity index (χ3n) is 4.15. The Morgan fingerprint density at radius 1 is 0.917 bits per heavy atom. The van der Waals surface area contributed by atoms with E-state index < -0.39 is 0 Å². The molecular weight excluding hydrogens is 306 g/mol. The van der Waals surface area contributed by atoms with Crippen molar-refractivity contribution in [2.24, 2.45) is 0 Å². The third-order valence-corrected chi connectivity index (χ3v) is 4.15. The number of anilines is 1. The van der Waals surface area contributed by atoms with Crippen LogP contribution in [0.5, 0.6) is 0 Å². The molecule has 3 rings (SSSR count). The standard InChI is InChI=1S/C18H19N3O3/c1-12-6-7-13(2)21(12)19-18(24)14-8-10-15(11-9-14)20-16(22)4-3-5-17(20)23/h6-11H,3-5H2,1-2H3,(H,19,24). The Morgan fingerprint density at radius 3 is 2.00 bits per heavy atom. The number of hydrogen-bond acceptors (Lipinski definition) is 3. The first-order chi connectivity index (χ1) is 11.5. The van der Waals surface area contributed by atoms with Crippen LogP contribution in [0.2, 0.25) is 0 Å². The number of hydrogen-bond donors (Lipinski definition) is 1. The predicted octanol–water partition coefficient (Wildman–Crippen LogP) is 2.53. The van der Waals surface area contributed by atoms with Crippen LogP contribution in [-0.2, 0) is 9.59 Å². The van der Waals surface area contributed by atoms with Gasteiger partial charge in [0, 0.05) is 29.8 Å². The maximum Gasteiger partial charge on any atom is 0.270 e. The molecule has 0 saturated carbocycles. The van der Waals surface area contributed by atoms with Gasteiger partial charge in [0.15, 0.2) is 0 Å². The minimum absolute atomic E-state index is 0.193. The van der Waals surface area contributed by atoms with Crippen molar-refractivity contribution in [3.63, 3.8) is 0 Å². The molecule has 0 bridgehead atoms. The van der Waals surface area contributed by atoms with Gasteiger partial charge in [-0.25, -0.2) is 0 Å². The molecular formula is C18H19N3O3. The molecule has 0 spiro atoms. The lowest BCUT2D eigenvalue weighted by Gasteiger charge is -2.24. The highest BCUT2D eigenvalue weighted by Gasteiger charge is 2.27. The van der Waals surface area contributed by atoms with Crippen molar-refractivity contribution in [3.8, 4) is 0 Å². The number of aryl methyl sites for hydroxylation is 2. The molecule has 1 aromatic carbocycles. The van der Waals surface area contributed by atoms with Crippen molar-refractivity contribution >= 4 is 23.4 Å². The van der Waals surface area contributed by atoms with Gasteiger partial charge in [-0.2, -0.15) is 0 Å². The van der Waals surface area contributed by atoms with Crippen LogP contribution < -0.4 is 10.3 Å². The summed E-state index contributed by atoms with van der Waals surface area (Å²) in [4.78, 5) is 37.4. The number of benzene rings is 1. The first-order valence-electron chi connectivity index (χ1n) is 7.89. The molecule has 6 heteroatoms. The number of rotatable bonds is 3. The second kappa shape index (κ2) is 6.31. The molecule has 1 N–H and O–H groups in total. The van der Waals surface area contributed by atoms with Crippen LogP contribution >= 0.6 is 0 Å². The van der Waals surface area contributed by atoms with E-state index in [9.17, 15) is 14.4 Å². The predicted molar refractivity (Wildman–Crippen MR) is 90.4 cm³/mol. The lowest BCUT2D eigenvalue weighted by atomic mass is 10.1. The monoisotopic (exact) mass is 325 g/mol. The zero-order valence-corrected chi connectivity index (χ0v) is 13.7. The first kappa shape index (κ1) is 16.0. The number of imide groups is 1. The fourth-order valence-corrected chi connectivity index (χ4v) is 2.81. The Labute approximate surface area is 140 Å². The van der Waals surface area contributed by atoms with E-state index in [0.29, 0.717) is 30.5 Å². The third kappa shape index (κ3) is 2.95. The molecule has 2 heterocycles. The zero-order valence-electron chi connectivity index (χ0n) is 13.7. The normalized spacial score (nSPS) is 14.8. The second-order valence-corrected chi connectivity index (χ2v) is 5.92. The van der Waals surface area contributed by atoms with E-state index in [1.807, 2.05) is 26.0 Å². The number of carbonyl (C=O) groups excluding carboxylic acids is 3. The van der Waals surface area contributed by atoms with E-state index in [0.717, 1.165) is 11.4 Å². The van der Waals surface area contributed by atoms with Crippen LogP contribution in [-0.4, -0.2) is 22.4 Å². The topological polar surface area (TPSA) is 71.4 Å². The molecule has 1 aliphatic heterocycles. The van der Waals surface area contributed by atoms with E-state index in [1.54, 1.807) is 28.9 Å². The summed E-state index contributed by atoms with van der Waals surface area (Å²) in [6.07, 6.45) is 1.35. The maximum atomic E-state index is 12.4. The molecule has 0 atom stereocenters. The average molecular weight is 325 g/mol. The summed E-state index contributed by atoms with van der Waals surface area (Å²) in [6, 6.07) is 10.3. The van der Waals surface area contributed by atoms with E-state index in [-0.39, 0.29) is 17.7 Å². The summed E-state index contributed by atoms with van der Waals surface area (Å²) in [6.45, 7) is 3.81. The molecule has 6 nitrogen and oxygen atoms in total. The minimum Gasteiger partial charge on any atom is -0.274 e. The fraction of sp³-hybridized carbons (Fsp3) is 0.278. The first-order valence-corrected chi connectivity index (χ1v) is 7.89. The Hall–Kier alpha value is -2.89. The summed E-state index contributed by atoms with van der Waals surface area (Å²) >= 11 is 0. The summed E-state index contributed by atoms with van der Waals surface area (Å²) in [5.41, 5.74) is 5.66. The van der Waals surface area contributed by atoms with Crippen molar-refractivity contribution in [1.82, 2.24) is 4.68 Å². The lowest BCUT2D eigenvalue weighted by molar-refractivity contribution is -0.129. The molecule has 2 aromatic rings. The highest BCUT2D eigenvalue weighted by molar-refractivity contribution is 6.16. The summed E-state index contributed by atoms with van der Waals surface area (Å²) in [5.74, 6) is -0.635. The van der Waals surface area contributed by atoms with E-state index in [4.69, 9.17) is 0 Å². The maximum absolute atomic E-state index is 12.4. The largest absolute Gasteiger partial charge is 0.274 e. The van der Waals surface area contributed by atoms with Crippen LogP contribution in [0.15, 0.2) is 36.4 Å². The number of aromatic nitrogens is 1. The molecule has 1 saturated heterocycles. The quantitative estimate of drug-likeness (QED) is 0.882. The van der Waals surface area contributed by atoms with Crippen molar-refractivity contribution in [2.45, 2.75) is 33.1 Å². The molecule has 24 heavy (non-hydrogen) atoms. The molecule has 0 radical (unpaired) electrons. The van der Waals surface area contributed by atoms with Gasteiger partial charge in [-0.1, -0.05) is 0 Å². The summed E-state index contributed by atoms with van der Waals surface area (Å²) < 4.78 is 1.72. The Bertz CT molecular complexity index is 770. The molecule has 3 amide bonds. The number of carbonyl (C=O) groups is 3. The number of nitrogens with one attached hydrogen (secondary N) is 1. The van der Waals surface area contributed by atoms with Gasteiger partial charge in [0.1, 0.15) is 0 Å². The van der Waals surface area contributed by atoms with Crippen LogP contribution in [0.25, 0.3) is 0 Å². The van der Waals surface area contributed by atoms with E-state index in [1.165, 1.54) is 4.90 Å². The van der Waals surface area contributed by atoms with Gasteiger partial charge in [0.05, 0.1) is 5.69 Å². The molecule has 124 valence electrons. The molecule has 0 unspecified atom stereocenters. The van der Waals surface area contributed by atoms with Gasteiger partial charge in [0.25, 0.3) is 5.91 Å². The molecule has 1 aliphatic rings. The summed E-state index contributed by atoms with van der Waals surface area (Å²) in [5, 5.41) is 0. The SMILES string of the molecule is Cc1ccc(C)n1NC(=O)c1ccc(N2C(=O)CCCC2=O)cc1. The number of amides is 3. The number of nitrogens with zero attached hydrogens (tertiary/aromatic N) is 2. The van der Waals surface area contributed by atoms with Crippen molar-refractivity contribution < 1.29 is 14.4 Å². The van der Waals surface area contributed by atoms with Crippen LogP contribution in [0.4, 0.5) is 5.69 Å². The highest BCUT2D eigenvalue weighted by atomic mass is 16.2. The molecule has 1 fully saturated rings. The van der Waals surface area contributed by atoms with Crippen LogP contribution in [0, 0.1) is 13.8 Å². The Balaban J connectivity index is 1.78. The molecule has 0 aliphatic carbocycles. The van der Waals surface area contributed by atoms with Crippen molar-refractivity contribution in [2.75, 3.05) is 10.3 Å². The minimum atomic E-state index is -0.250. The van der Waals surface area contributed by atoms with Crippen molar-refractivity contribution in [1.29, 1.82) is 0 Å². The highest BCUT2D eigenvalue weighted by Crippen LogP contribution is 2.22. The van der Waals surface area contributed by atoms with Crippen molar-refractivity contribution in [3.05, 3.63) is 53.3 Å². The van der Waals surface area contributed by atoms with Gasteiger partial charge >= 0.3 is 0 Å². The second-order valence-electron chi connectivity index (χ2n) is 5.92. The van der Waals surface area contributed by atoms with Gasteiger partial charge in [-0.15, -0.1) is 0 Å². The Kier molecular flexibility index (Phi) is 4.20. The zero-order chi connectivity index (χ0) is 17.3. The lowest BCUT2D eigenvalue weighted by Crippen LogP contribution is -2.40. The van der Waals surface area contributed by atoms with Gasteiger partial charge in [-0.3, -0.25) is 29.4 Å². The number of piperidine rings is 1. The van der Waals surface area contributed by atoms with Gasteiger partial charge in [0.2, 0.25) is 11.8 Å². The summed E-state index contributed by atoms with van der Waals surface area (Å²) in [7, 11) is 0. The van der Waals surface area contributed by atoms with E-state index >= 15 is 0 Å². The average Bonchev–Trinajstić information content (AvgIpc) is 2.87. The molecule has 1 aromatic heterocycles. The Morgan fingerprint density at radius 2 is 1.46 bits per heavy atom. The van der Waals surface area contributed by atoms with Gasteiger partial charge in [-0.05, 0) is 56.7 Å². The van der Waals surface area contributed by atoms with Crippen LogP contribution in [0.1, 0.15) is 41.0 Å². The van der Waals surface area contributed by atoms with E-state index in [2.05, 4.69) is 5.43 Å².